The molecule has 0 spiro atoms. The largest absolute Gasteiger partial charge is 0.348 e. The third kappa shape index (κ3) is 6.79. The van der Waals surface area contributed by atoms with E-state index in [4.69, 9.17) is 11.6 Å². The molecule has 1 saturated heterocycles. The molecule has 0 aliphatic carbocycles. The van der Waals surface area contributed by atoms with Crippen molar-refractivity contribution < 1.29 is 9.59 Å². The van der Waals surface area contributed by atoms with Gasteiger partial charge < -0.3 is 10.6 Å². The topological polar surface area (TPSA) is 64.7 Å². The fourth-order valence-corrected chi connectivity index (χ4v) is 4.05. The van der Waals surface area contributed by atoms with Crippen LogP contribution in [-0.4, -0.2) is 60.9 Å². The second-order valence-electron chi connectivity index (χ2n) is 8.21. The van der Waals surface area contributed by atoms with Gasteiger partial charge in [0.25, 0.3) is 0 Å². The molecule has 2 amide bonds. The van der Waals surface area contributed by atoms with Gasteiger partial charge in [-0.2, -0.15) is 0 Å². The Hall–Kier alpha value is -2.41. The average molecular weight is 443 g/mol. The third-order valence-electron chi connectivity index (χ3n) is 5.67. The van der Waals surface area contributed by atoms with E-state index < -0.39 is 0 Å². The van der Waals surface area contributed by atoms with E-state index in [2.05, 4.69) is 20.4 Å². The number of nitrogens with zero attached hydrogens (tertiary/aromatic N) is 2. The number of amides is 2. The van der Waals surface area contributed by atoms with E-state index in [0.29, 0.717) is 18.1 Å². The Morgan fingerprint density at radius 2 is 1.48 bits per heavy atom. The van der Waals surface area contributed by atoms with Crippen molar-refractivity contribution in [3.8, 4) is 0 Å². The number of anilines is 1. The van der Waals surface area contributed by atoms with Crippen LogP contribution in [0.3, 0.4) is 0 Å². The van der Waals surface area contributed by atoms with E-state index in [9.17, 15) is 9.59 Å². The second-order valence-corrected chi connectivity index (χ2v) is 8.65. The Morgan fingerprint density at radius 3 is 2.06 bits per heavy atom. The highest BCUT2D eigenvalue weighted by atomic mass is 35.5. The summed E-state index contributed by atoms with van der Waals surface area (Å²) in [5.74, 6) is -0.00682. The maximum atomic E-state index is 12.5. The highest BCUT2D eigenvalue weighted by Gasteiger charge is 2.21. The number of hydrogen-bond donors (Lipinski definition) is 2. The van der Waals surface area contributed by atoms with Gasteiger partial charge >= 0.3 is 0 Å². The van der Waals surface area contributed by atoms with Crippen LogP contribution in [0.4, 0.5) is 5.69 Å². The van der Waals surface area contributed by atoms with Gasteiger partial charge in [0.1, 0.15) is 0 Å². The molecule has 2 aromatic rings. The first kappa shape index (κ1) is 23.3. The monoisotopic (exact) mass is 442 g/mol. The SMILES string of the molecule is Cc1cccc(C)c1NC(=O)CN1CCN(CC(=O)N[C@H](C)c2cccc(Cl)c2)CC1. The van der Waals surface area contributed by atoms with Crippen LogP contribution in [0.2, 0.25) is 5.02 Å². The standard InChI is InChI=1S/C24H31ClN4O2/c1-17-6-4-7-18(2)24(17)27-23(31)16-29-12-10-28(11-13-29)15-22(30)26-19(3)20-8-5-9-21(25)14-20/h4-9,14,19H,10-13,15-16H2,1-3H3,(H,26,30)(H,27,31)/t19-/m1/s1. The summed E-state index contributed by atoms with van der Waals surface area (Å²) in [6.45, 7) is 9.71. The Kier molecular flexibility index (Phi) is 8.07. The zero-order valence-corrected chi connectivity index (χ0v) is 19.2. The molecule has 1 fully saturated rings. The van der Waals surface area contributed by atoms with Crippen molar-refractivity contribution in [2.75, 3.05) is 44.6 Å². The highest BCUT2D eigenvalue weighted by molar-refractivity contribution is 6.30. The number of benzene rings is 2. The van der Waals surface area contributed by atoms with Crippen molar-refractivity contribution in [3.63, 3.8) is 0 Å². The molecule has 7 heteroatoms. The van der Waals surface area contributed by atoms with E-state index in [-0.39, 0.29) is 17.9 Å². The van der Waals surface area contributed by atoms with Crippen LogP contribution in [0.5, 0.6) is 0 Å². The van der Waals surface area contributed by atoms with Crippen molar-refractivity contribution in [1.29, 1.82) is 0 Å². The maximum Gasteiger partial charge on any atom is 0.238 e. The maximum absolute atomic E-state index is 12.5. The number of hydrogen-bond acceptors (Lipinski definition) is 4. The van der Waals surface area contributed by atoms with E-state index in [0.717, 1.165) is 48.6 Å². The minimum atomic E-state index is -0.0962. The van der Waals surface area contributed by atoms with Crippen LogP contribution in [0.25, 0.3) is 0 Å². The number of halogens is 1. The lowest BCUT2D eigenvalue weighted by Crippen LogP contribution is -2.51. The first-order valence-corrected chi connectivity index (χ1v) is 11.0. The van der Waals surface area contributed by atoms with Crippen molar-refractivity contribution in [3.05, 3.63) is 64.2 Å². The molecular formula is C24H31ClN4O2. The molecule has 0 unspecified atom stereocenters. The molecule has 3 rings (SSSR count). The first-order chi connectivity index (χ1) is 14.8. The lowest BCUT2D eigenvalue weighted by molar-refractivity contribution is -0.124. The Balaban J connectivity index is 1.41. The Morgan fingerprint density at radius 1 is 0.935 bits per heavy atom. The summed E-state index contributed by atoms with van der Waals surface area (Å²) in [7, 11) is 0. The highest BCUT2D eigenvalue weighted by Crippen LogP contribution is 2.19. The van der Waals surface area contributed by atoms with Gasteiger partial charge in [-0.1, -0.05) is 41.9 Å². The summed E-state index contributed by atoms with van der Waals surface area (Å²) in [4.78, 5) is 29.2. The summed E-state index contributed by atoms with van der Waals surface area (Å²) in [5, 5.41) is 6.74. The Bertz CT molecular complexity index is 905. The quantitative estimate of drug-likeness (QED) is 0.689. The molecule has 2 N–H and O–H groups in total. The van der Waals surface area contributed by atoms with Gasteiger partial charge in [0.2, 0.25) is 11.8 Å². The summed E-state index contributed by atoms with van der Waals surface area (Å²) >= 11 is 6.04. The van der Waals surface area contributed by atoms with Gasteiger partial charge in [-0.15, -0.1) is 0 Å². The molecule has 1 atom stereocenters. The fraction of sp³-hybridized carbons (Fsp3) is 0.417. The number of nitrogens with one attached hydrogen (secondary N) is 2. The number of para-hydroxylation sites is 1. The average Bonchev–Trinajstić information content (AvgIpc) is 2.72. The molecule has 6 nitrogen and oxygen atoms in total. The van der Waals surface area contributed by atoms with Crippen LogP contribution < -0.4 is 10.6 Å². The molecule has 0 saturated carbocycles. The van der Waals surface area contributed by atoms with Crippen LogP contribution in [0.1, 0.15) is 29.7 Å². The van der Waals surface area contributed by atoms with Crippen LogP contribution in [0.15, 0.2) is 42.5 Å². The minimum Gasteiger partial charge on any atom is -0.348 e. The number of carbonyl (C=O) groups excluding carboxylic acids is 2. The Labute approximate surface area is 189 Å². The number of piperazine rings is 1. The molecule has 0 aromatic heterocycles. The van der Waals surface area contributed by atoms with Crippen LogP contribution in [-0.2, 0) is 9.59 Å². The summed E-state index contributed by atoms with van der Waals surface area (Å²) < 4.78 is 0. The van der Waals surface area contributed by atoms with Crippen molar-refractivity contribution in [2.24, 2.45) is 0 Å². The molecule has 1 heterocycles. The molecule has 2 aromatic carbocycles. The molecule has 0 radical (unpaired) electrons. The molecule has 166 valence electrons. The van der Waals surface area contributed by atoms with Gasteiger partial charge in [-0.05, 0) is 49.6 Å². The lowest BCUT2D eigenvalue weighted by Gasteiger charge is -2.34. The summed E-state index contributed by atoms with van der Waals surface area (Å²) in [5.41, 5.74) is 4.02. The van der Waals surface area contributed by atoms with Crippen molar-refractivity contribution in [1.82, 2.24) is 15.1 Å². The second kappa shape index (κ2) is 10.8. The predicted molar refractivity (Wildman–Crippen MR) is 125 cm³/mol. The van der Waals surface area contributed by atoms with E-state index >= 15 is 0 Å². The number of rotatable bonds is 7. The number of carbonyl (C=O) groups is 2. The van der Waals surface area contributed by atoms with Gasteiger partial charge in [0.05, 0.1) is 19.1 Å². The normalized spacial score (nSPS) is 16.0. The minimum absolute atomic E-state index is 0.000982. The fourth-order valence-electron chi connectivity index (χ4n) is 3.85. The molecule has 31 heavy (non-hydrogen) atoms. The van der Waals surface area contributed by atoms with Crippen LogP contribution >= 0.6 is 11.6 Å². The first-order valence-electron chi connectivity index (χ1n) is 10.7. The zero-order valence-electron chi connectivity index (χ0n) is 18.5. The predicted octanol–water partition coefficient (Wildman–Crippen LogP) is 3.39. The van der Waals surface area contributed by atoms with Gasteiger partial charge in [0.15, 0.2) is 0 Å². The van der Waals surface area contributed by atoms with E-state index in [1.165, 1.54) is 0 Å². The smallest absolute Gasteiger partial charge is 0.238 e. The van der Waals surface area contributed by atoms with Crippen molar-refractivity contribution >= 4 is 29.1 Å². The molecule has 1 aliphatic rings. The third-order valence-corrected chi connectivity index (χ3v) is 5.91. The van der Waals surface area contributed by atoms with Gasteiger partial charge in [0, 0.05) is 36.9 Å². The molecule has 1 aliphatic heterocycles. The zero-order chi connectivity index (χ0) is 22.4. The van der Waals surface area contributed by atoms with Crippen LogP contribution in [0, 0.1) is 13.8 Å². The molecule has 0 bridgehead atoms. The van der Waals surface area contributed by atoms with Crippen molar-refractivity contribution in [2.45, 2.75) is 26.8 Å². The summed E-state index contributed by atoms with van der Waals surface area (Å²) in [6, 6.07) is 13.4. The van der Waals surface area contributed by atoms with Gasteiger partial charge in [-0.25, -0.2) is 0 Å². The summed E-state index contributed by atoms with van der Waals surface area (Å²) in [6.07, 6.45) is 0. The van der Waals surface area contributed by atoms with E-state index in [1.54, 1.807) is 0 Å². The van der Waals surface area contributed by atoms with Gasteiger partial charge in [-0.3, -0.25) is 19.4 Å². The molecular weight excluding hydrogens is 412 g/mol. The van der Waals surface area contributed by atoms with E-state index in [1.807, 2.05) is 63.2 Å². The number of aryl methyl sites for hydroxylation is 2. The lowest BCUT2D eigenvalue weighted by atomic mass is 10.1.